The Balaban J connectivity index is 2.33. The van der Waals surface area contributed by atoms with Crippen LogP contribution in [0.5, 0.6) is 0 Å². The van der Waals surface area contributed by atoms with E-state index in [1.54, 1.807) is 14.0 Å². The molecule has 0 aliphatic heterocycles. The summed E-state index contributed by atoms with van der Waals surface area (Å²) < 4.78 is 27.5. The van der Waals surface area contributed by atoms with Gasteiger partial charge in [0.1, 0.15) is 0 Å². The maximum atomic E-state index is 12.5. The Morgan fingerprint density at radius 3 is 2.35 bits per heavy atom. The van der Waals surface area contributed by atoms with Gasteiger partial charge in [-0.3, -0.25) is 0 Å². The smallest absolute Gasteiger partial charge is 0.337 e. The quantitative estimate of drug-likeness (QED) is 0.754. The second kappa shape index (κ2) is 6.80. The standard InChI is InChI=1S/C16H18N2O4S/c1-11(12-6-4-3-5-7-12)18-23(21,22)13-8-9-15(17-2)14(10-13)16(19)20/h3-11,17-18H,1-2H3,(H,19,20)/t11-/m0/s1. The Labute approximate surface area is 135 Å². The third kappa shape index (κ3) is 3.88. The second-order valence-electron chi connectivity index (χ2n) is 5.02. The molecule has 2 aromatic carbocycles. The van der Waals surface area contributed by atoms with Crippen LogP contribution in [-0.2, 0) is 10.0 Å². The maximum absolute atomic E-state index is 12.5. The Kier molecular flexibility index (Phi) is 5.02. The maximum Gasteiger partial charge on any atom is 0.337 e. The van der Waals surface area contributed by atoms with Gasteiger partial charge in [0.2, 0.25) is 10.0 Å². The number of aromatic carboxylic acids is 1. The van der Waals surface area contributed by atoms with Crippen molar-refractivity contribution in [3.8, 4) is 0 Å². The fourth-order valence-electron chi connectivity index (χ4n) is 2.20. The van der Waals surface area contributed by atoms with E-state index in [4.69, 9.17) is 0 Å². The van der Waals surface area contributed by atoms with Crippen LogP contribution in [0, 0.1) is 0 Å². The van der Waals surface area contributed by atoms with Crippen LogP contribution in [0.2, 0.25) is 0 Å². The predicted molar refractivity (Wildman–Crippen MR) is 88.1 cm³/mol. The van der Waals surface area contributed by atoms with Crippen LogP contribution in [0.15, 0.2) is 53.4 Å². The van der Waals surface area contributed by atoms with Crippen molar-refractivity contribution in [3.05, 3.63) is 59.7 Å². The minimum atomic E-state index is -3.83. The molecular formula is C16H18N2O4S. The second-order valence-corrected chi connectivity index (χ2v) is 6.73. The molecule has 0 fully saturated rings. The summed E-state index contributed by atoms with van der Waals surface area (Å²) in [7, 11) is -2.25. The molecule has 122 valence electrons. The minimum Gasteiger partial charge on any atom is -0.478 e. The molecular weight excluding hydrogens is 316 g/mol. The Hall–Kier alpha value is -2.38. The zero-order valence-corrected chi connectivity index (χ0v) is 13.6. The number of carbonyl (C=O) groups is 1. The van der Waals surface area contributed by atoms with Gasteiger partial charge < -0.3 is 10.4 Å². The van der Waals surface area contributed by atoms with Gasteiger partial charge in [-0.1, -0.05) is 30.3 Å². The third-order valence-electron chi connectivity index (χ3n) is 3.43. The third-order valence-corrected chi connectivity index (χ3v) is 4.97. The van der Waals surface area contributed by atoms with Crippen LogP contribution in [-0.4, -0.2) is 26.5 Å². The van der Waals surface area contributed by atoms with Crippen LogP contribution in [0.4, 0.5) is 5.69 Å². The number of nitrogens with one attached hydrogen (secondary N) is 2. The van der Waals surface area contributed by atoms with Gasteiger partial charge in [-0.05, 0) is 30.7 Å². The van der Waals surface area contributed by atoms with Gasteiger partial charge in [-0.15, -0.1) is 0 Å². The van der Waals surface area contributed by atoms with E-state index >= 15 is 0 Å². The van der Waals surface area contributed by atoms with E-state index < -0.39 is 22.0 Å². The van der Waals surface area contributed by atoms with Gasteiger partial charge in [0.15, 0.2) is 0 Å². The predicted octanol–water partition coefficient (Wildman–Crippen LogP) is 2.47. The van der Waals surface area contributed by atoms with E-state index in [0.717, 1.165) is 11.6 Å². The highest BCUT2D eigenvalue weighted by Crippen LogP contribution is 2.22. The van der Waals surface area contributed by atoms with E-state index in [1.165, 1.54) is 12.1 Å². The van der Waals surface area contributed by atoms with Crippen LogP contribution >= 0.6 is 0 Å². The van der Waals surface area contributed by atoms with Crippen LogP contribution < -0.4 is 10.0 Å². The average molecular weight is 334 g/mol. The van der Waals surface area contributed by atoms with Gasteiger partial charge in [0.25, 0.3) is 0 Å². The van der Waals surface area contributed by atoms with Gasteiger partial charge in [-0.2, -0.15) is 0 Å². The van der Waals surface area contributed by atoms with Gasteiger partial charge in [0, 0.05) is 18.8 Å². The van der Waals surface area contributed by atoms with Crippen molar-refractivity contribution >= 4 is 21.7 Å². The lowest BCUT2D eigenvalue weighted by Gasteiger charge is -2.15. The molecule has 2 rings (SSSR count). The lowest BCUT2D eigenvalue weighted by molar-refractivity contribution is 0.0697. The molecule has 0 saturated carbocycles. The number of benzene rings is 2. The van der Waals surface area contributed by atoms with Crippen LogP contribution in [0.3, 0.4) is 0 Å². The van der Waals surface area contributed by atoms with Crippen molar-refractivity contribution in [2.24, 2.45) is 0 Å². The van der Waals surface area contributed by atoms with Crippen LogP contribution in [0.25, 0.3) is 0 Å². The summed E-state index contributed by atoms with van der Waals surface area (Å²) in [5, 5.41) is 11.9. The summed E-state index contributed by atoms with van der Waals surface area (Å²) in [6.07, 6.45) is 0. The van der Waals surface area contributed by atoms with Gasteiger partial charge >= 0.3 is 5.97 Å². The molecule has 0 aliphatic carbocycles. The highest BCUT2D eigenvalue weighted by molar-refractivity contribution is 7.89. The zero-order chi connectivity index (χ0) is 17.0. The average Bonchev–Trinajstić information content (AvgIpc) is 2.54. The lowest BCUT2D eigenvalue weighted by Crippen LogP contribution is -2.27. The number of carboxylic acid groups (broad SMARTS) is 1. The summed E-state index contributed by atoms with van der Waals surface area (Å²) in [6.45, 7) is 1.73. The molecule has 6 nitrogen and oxygen atoms in total. The molecule has 0 radical (unpaired) electrons. The minimum absolute atomic E-state index is 0.0864. The number of anilines is 1. The Bertz CT molecular complexity index is 804. The summed E-state index contributed by atoms with van der Waals surface area (Å²) >= 11 is 0. The molecule has 0 heterocycles. The SMILES string of the molecule is CNc1ccc(S(=O)(=O)N[C@@H](C)c2ccccc2)cc1C(=O)O. The molecule has 3 N–H and O–H groups in total. The summed E-state index contributed by atoms with van der Waals surface area (Å²) in [4.78, 5) is 11.2. The fraction of sp³-hybridized carbons (Fsp3) is 0.188. The molecule has 1 atom stereocenters. The molecule has 2 aromatic rings. The first-order valence-electron chi connectivity index (χ1n) is 6.97. The van der Waals surface area contributed by atoms with Crippen molar-refractivity contribution in [3.63, 3.8) is 0 Å². The molecule has 23 heavy (non-hydrogen) atoms. The van der Waals surface area contributed by atoms with E-state index in [0.29, 0.717) is 5.69 Å². The Morgan fingerprint density at radius 1 is 1.13 bits per heavy atom. The van der Waals surface area contributed by atoms with E-state index in [-0.39, 0.29) is 10.5 Å². The zero-order valence-electron chi connectivity index (χ0n) is 12.8. The number of carboxylic acids is 1. The van der Waals surface area contributed by atoms with Gasteiger partial charge in [0.05, 0.1) is 10.5 Å². The molecule has 0 spiro atoms. The number of rotatable bonds is 6. The highest BCUT2D eigenvalue weighted by atomic mass is 32.2. The Morgan fingerprint density at radius 2 is 1.78 bits per heavy atom. The van der Waals surface area contributed by atoms with Gasteiger partial charge in [-0.25, -0.2) is 17.9 Å². The number of hydrogen-bond acceptors (Lipinski definition) is 4. The van der Waals surface area contributed by atoms with Crippen molar-refractivity contribution in [1.82, 2.24) is 4.72 Å². The number of hydrogen-bond donors (Lipinski definition) is 3. The molecule has 0 saturated heterocycles. The first-order chi connectivity index (χ1) is 10.8. The first kappa shape index (κ1) is 17.0. The summed E-state index contributed by atoms with van der Waals surface area (Å²) in [6, 6.07) is 12.7. The molecule has 0 aliphatic rings. The first-order valence-corrected chi connectivity index (χ1v) is 8.46. The number of sulfonamides is 1. The van der Waals surface area contributed by atoms with Crippen molar-refractivity contribution in [2.45, 2.75) is 17.9 Å². The highest BCUT2D eigenvalue weighted by Gasteiger charge is 2.21. The molecule has 0 aromatic heterocycles. The molecule has 0 bridgehead atoms. The largest absolute Gasteiger partial charge is 0.478 e. The topological polar surface area (TPSA) is 95.5 Å². The van der Waals surface area contributed by atoms with E-state index in [9.17, 15) is 18.3 Å². The van der Waals surface area contributed by atoms with E-state index in [2.05, 4.69) is 10.0 Å². The molecule has 0 amide bonds. The van der Waals surface area contributed by atoms with Crippen molar-refractivity contribution in [2.75, 3.05) is 12.4 Å². The van der Waals surface area contributed by atoms with Crippen molar-refractivity contribution < 1.29 is 18.3 Å². The molecule has 7 heteroatoms. The van der Waals surface area contributed by atoms with Crippen molar-refractivity contribution in [1.29, 1.82) is 0 Å². The normalized spacial score (nSPS) is 12.6. The molecule has 0 unspecified atom stereocenters. The van der Waals surface area contributed by atoms with E-state index in [1.807, 2.05) is 30.3 Å². The summed E-state index contributed by atoms with van der Waals surface area (Å²) in [5.41, 5.74) is 1.08. The summed E-state index contributed by atoms with van der Waals surface area (Å²) in [5.74, 6) is -1.19. The fourth-order valence-corrected chi connectivity index (χ4v) is 3.45. The monoisotopic (exact) mass is 334 g/mol. The lowest BCUT2D eigenvalue weighted by atomic mass is 10.1. The van der Waals surface area contributed by atoms with Crippen LogP contribution in [0.1, 0.15) is 28.9 Å².